The molecule has 4 N–H and O–H groups in total. The van der Waals surface area contributed by atoms with Gasteiger partial charge in [0.25, 0.3) is 5.91 Å². The van der Waals surface area contributed by atoms with Gasteiger partial charge in [-0.2, -0.15) is 18.3 Å². The Morgan fingerprint density at radius 3 is 2.55 bits per heavy atom. The Bertz CT molecular complexity index is 1570. The number of hydrogen-bond donors (Lipinski definition) is 4. The summed E-state index contributed by atoms with van der Waals surface area (Å²) in [4.78, 5) is 30.5. The summed E-state index contributed by atoms with van der Waals surface area (Å²) in [6.45, 7) is 0.874. The summed E-state index contributed by atoms with van der Waals surface area (Å²) in [5.74, 6) is -0.443. The van der Waals surface area contributed by atoms with Crippen LogP contribution in [0, 0.1) is 5.41 Å². The Balaban J connectivity index is 1.49. The van der Waals surface area contributed by atoms with E-state index >= 15 is 0 Å². The van der Waals surface area contributed by atoms with Gasteiger partial charge in [0.1, 0.15) is 18.0 Å². The molecule has 2 aromatic carbocycles. The number of carbonyl (C=O) groups excluding carboxylic acids is 2. The molecule has 1 atom stereocenters. The molecule has 4 aromatic rings. The lowest BCUT2D eigenvalue weighted by Crippen LogP contribution is -2.50. The average molecular weight is 604 g/mol. The van der Waals surface area contributed by atoms with Crippen molar-refractivity contribution >= 4 is 35.2 Å². The number of rotatable bonds is 9. The number of aliphatic hydroxyl groups excluding tert-OH is 1. The number of amides is 3. The maximum atomic E-state index is 13.1. The minimum atomic E-state index is -5.02. The standard InChI is InChI=1S/C26H25ClF3N9O3/c1-2-38-22(11-12-34-38)35-24(41)18-5-3-4-6-19(18)39-15-33-21(36-39)13-32-25(42)37(14-20(40)26(28,29)30)23(31)16-7-9-17(27)10-8-16/h3-12,15,20,31,40H,2,13-14H2,1H3,(H,32,42)(H,35,41)/t20-/m0/s1. The number of anilines is 1. The number of halogens is 4. The average Bonchev–Trinajstić information content (AvgIpc) is 3.63. The number of amidine groups is 1. The van der Waals surface area contributed by atoms with E-state index in [1.807, 2.05) is 6.92 Å². The molecule has 0 spiro atoms. The molecule has 0 aliphatic rings. The molecule has 0 bridgehead atoms. The first kappa shape index (κ1) is 30.2. The van der Waals surface area contributed by atoms with Crippen molar-refractivity contribution in [3.63, 3.8) is 0 Å². The van der Waals surface area contributed by atoms with Crippen LogP contribution in [0.4, 0.5) is 23.8 Å². The summed E-state index contributed by atoms with van der Waals surface area (Å²) in [5.41, 5.74) is 0.746. The Morgan fingerprint density at radius 2 is 1.86 bits per heavy atom. The first-order valence-electron chi connectivity index (χ1n) is 12.5. The zero-order chi connectivity index (χ0) is 30.4. The van der Waals surface area contributed by atoms with Gasteiger partial charge in [0.05, 0.1) is 30.5 Å². The maximum Gasteiger partial charge on any atom is 0.416 e. The zero-order valence-electron chi connectivity index (χ0n) is 22.0. The number of benzene rings is 2. The van der Waals surface area contributed by atoms with Crippen molar-refractivity contribution < 1.29 is 27.9 Å². The monoisotopic (exact) mass is 603 g/mol. The fraction of sp³-hybridized carbons (Fsp3) is 0.231. The van der Waals surface area contributed by atoms with Crippen molar-refractivity contribution in [2.75, 3.05) is 11.9 Å². The third kappa shape index (κ3) is 7.11. The normalized spacial score (nSPS) is 12.0. The smallest absolute Gasteiger partial charge is 0.382 e. The molecule has 0 aliphatic carbocycles. The number of hydrogen-bond acceptors (Lipinski definition) is 7. The van der Waals surface area contributed by atoms with Gasteiger partial charge < -0.3 is 15.7 Å². The molecule has 2 aromatic heterocycles. The SMILES string of the molecule is CCn1nccc1NC(=O)c1ccccc1-n1cnc(CNC(=O)N(C[C@H](O)C(F)(F)F)C(=N)c2ccc(Cl)cc2)n1. The molecule has 42 heavy (non-hydrogen) atoms. The zero-order valence-corrected chi connectivity index (χ0v) is 22.8. The van der Waals surface area contributed by atoms with Crippen LogP contribution < -0.4 is 10.6 Å². The molecular formula is C26H25ClF3N9O3. The first-order chi connectivity index (χ1) is 20.0. The molecule has 12 nitrogen and oxygen atoms in total. The van der Waals surface area contributed by atoms with Crippen molar-refractivity contribution in [1.82, 2.24) is 34.8 Å². The van der Waals surface area contributed by atoms with E-state index in [9.17, 15) is 27.9 Å². The second-order valence-electron chi connectivity index (χ2n) is 8.79. The van der Waals surface area contributed by atoms with Crippen LogP contribution in [0.3, 0.4) is 0 Å². The third-order valence-electron chi connectivity index (χ3n) is 5.96. The molecule has 16 heteroatoms. The number of para-hydroxylation sites is 1. The van der Waals surface area contributed by atoms with Crippen LogP contribution in [0.2, 0.25) is 5.02 Å². The van der Waals surface area contributed by atoms with E-state index < -0.39 is 36.6 Å². The third-order valence-corrected chi connectivity index (χ3v) is 6.21. The van der Waals surface area contributed by atoms with Crippen LogP contribution in [-0.2, 0) is 13.1 Å². The van der Waals surface area contributed by atoms with Crippen molar-refractivity contribution in [3.8, 4) is 5.69 Å². The van der Waals surface area contributed by atoms with E-state index in [0.717, 1.165) is 0 Å². The highest BCUT2D eigenvalue weighted by atomic mass is 35.5. The van der Waals surface area contributed by atoms with Gasteiger partial charge >= 0.3 is 12.2 Å². The molecule has 0 aliphatic heterocycles. The highest BCUT2D eigenvalue weighted by Crippen LogP contribution is 2.22. The van der Waals surface area contributed by atoms with E-state index in [4.69, 9.17) is 17.0 Å². The van der Waals surface area contributed by atoms with Gasteiger partial charge in [0.15, 0.2) is 11.9 Å². The lowest BCUT2D eigenvalue weighted by atomic mass is 10.1. The Labute approximate surface area is 242 Å². The van der Waals surface area contributed by atoms with E-state index in [-0.39, 0.29) is 23.5 Å². The largest absolute Gasteiger partial charge is 0.416 e. The number of alkyl halides is 3. The molecular weight excluding hydrogens is 579 g/mol. The number of urea groups is 1. The predicted molar refractivity (Wildman–Crippen MR) is 146 cm³/mol. The summed E-state index contributed by atoms with van der Waals surface area (Å²) in [6.07, 6.45) is -5.04. The van der Waals surface area contributed by atoms with Gasteiger partial charge in [0.2, 0.25) is 0 Å². The topological polar surface area (TPSA) is 154 Å². The number of carbonyl (C=O) groups is 2. The lowest BCUT2D eigenvalue weighted by Gasteiger charge is -2.26. The summed E-state index contributed by atoms with van der Waals surface area (Å²) in [7, 11) is 0. The van der Waals surface area contributed by atoms with Crippen molar-refractivity contribution in [1.29, 1.82) is 5.41 Å². The molecule has 3 amide bonds. The molecule has 4 rings (SSSR count). The van der Waals surface area contributed by atoms with Gasteiger partial charge in [0, 0.05) is 23.2 Å². The van der Waals surface area contributed by atoms with E-state index in [2.05, 4.69) is 25.8 Å². The fourth-order valence-corrected chi connectivity index (χ4v) is 3.93. The van der Waals surface area contributed by atoms with Gasteiger partial charge in [-0.15, -0.1) is 5.10 Å². The van der Waals surface area contributed by atoms with Crippen molar-refractivity contribution in [2.24, 2.45) is 0 Å². The molecule has 220 valence electrons. The quantitative estimate of drug-likeness (QED) is 0.168. The van der Waals surface area contributed by atoms with E-state index in [1.54, 1.807) is 41.2 Å². The van der Waals surface area contributed by atoms with Crippen LogP contribution >= 0.6 is 11.6 Å². The minimum absolute atomic E-state index is 0.0666. The van der Waals surface area contributed by atoms with Crippen LogP contribution in [-0.4, -0.2) is 71.2 Å². The number of aliphatic hydroxyl groups is 1. The minimum Gasteiger partial charge on any atom is -0.382 e. The second kappa shape index (κ2) is 12.8. The van der Waals surface area contributed by atoms with Gasteiger partial charge in [-0.05, 0) is 43.3 Å². The number of nitrogens with zero attached hydrogens (tertiary/aromatic N) is 6. The van der Waals surface area contributed by atoms with Gasteiger partial charge in [-0.3, -0.25) is 15.1 Å². The van der Waals surface area contributed by atoms with E-state index in [1.165, 1.54) is 35.3 Å². The molecule has 0 saturated carbocycles. The van der Waals surface area contributed by atoms with Crippen LogP contribution in [0.25, 0.3) is 5.69 Å². The van der Waals surface area contributed by atoms with Gasteiger partial charge in [-0.1, -0.05) is 23.7 Å². The second-order valence-corrected chi connectivity index (χ2v) is 9.23. The first-order valence-corrected chi connectivity index (χ1v) is 12.8. The van der Waals surface area contributed by atoms with E-state index in [0.29, 0.717) is 28.0 Å². The van der Waals surface area contributed by atoms with Crippen LogP contribution in [0.1, 0.15) is 28.7 Å². The molecule has 0 unspecified atom stereocenters. The molecule has 0 radical (unpaired) electrons. The summed E-state index contributed by atoms with van der Waals surface area (Å²) in [6, 6.07) is 12.7. The summed E-state index contributed by atoms with van der Waals surface area (Å²) in [5, 5.41) is 31.8. The maximum absolute atomic E-state index is 13.1. The van der Waals surface area contributed by atoms with Crippen molar-refractivity contribution in [2.45, 2.75) is 32.3 Å². The Hall–Kier alpha value is -4.76. The number of aromatic nitrogens is 5. The number of aryl methyl sites for hydroxylation is 1. The summed E-state index contributed by atoms with van der Waals surface area (Å²) >= 11 is 5.84. The Kier molecular flexibility index (Phi) is 9.22. The highest BCUT2D eigenvalue weighted by Gasteiger charge is 2.41. The van der Waals surface area contributed by atoms with Gasteiger partial charge in [-0.25, -0.2) is 19.1 Å². The summed E-state index contributed by atoms with van der Waals surface area (Å²) < 4.78 is 42.2. The molecule has 0 saturated heterocycles. The Morgan fingerprint density at radius 1 is 1.14 bits per heavy atom. The van der Waals surface area contributed by atoms with Crippen LogP contribution in [0.5, 0.6) is 0 Å². The highest BCUT2D eigenvalue weighted by molar-refractivity contribution is 6.30. The lowest BCUT2D eigenvalue weighted by molar-refractivity contribution is -0.204. The predicted octanol–water partition coefficient (Wildman–Crippen LogP) is 3.85. The number of nitrogens with one attached hydrogen (secondary N) is 3. The van der Waals surface area contributed by atoms with Crippen LogP contribution in [0.15, 0.2) is 67.1 Å². The molecule has 0 fully saturated rings. The molecule has 2 heterocycles. The van der Waals surface area contributed by atoms with Crippen molar-refractivity contribution in [3.05, 3.63) is 89.1 Å². The fourth-order valence-electron chi connectivity index (χ4n) is 3.80.